The van der Waals surface area contributed by atoms with Gasteiger partial charge < -0.3 is 29.5 Å². The molecule has 0 radical (unpaired) electrons. The molecule has 0 aliphatic rings. The summed E-state index contributed by atoms with van der Waals surface area (Å²) in [6.07, 6.45) is 25.3. The van der Waals surface area contributed by atoms with Crippen molar-refractivity contribution < 1.29 is 48.2 Å². The second kappa shape index (κ2) is 32.6. The molecule has 1 unspecified atom stereocenters. The van der Waals surface area contributed by atoms with Crippen molar-refractivity contribution in [3.8, 4) is 0 Å². The van der Waals surface area contributed by atoms with Crippen LogP contribution >= 0.6 is 7.82 Å². The summed E-state index contributed by atoms with van der Waals surface area (Å²) in [4.78, 5) is 42.7. The summed E-state index contributed by atoms with van der Waals surface area (Å²) in [5, 5.41) is 20.3. The van der Waals surface area contributed by atoms with Gasteiger partial charge in [0.2, 0.25) is 0 Å². The average Bonchev–Trinajstić information content (AvgIpc) is 3.06. The monoisotopic (exact) mass is 720 g/mol. The number of esters is 2. The van der Waals surface area contributed by atoms with Gasteiger partial charge in [-0.3, -0.25) is 14.1 Å². The third-order valence-electron chi connectivity index (χ3n) is 9.03. The van der Waals surface area contributed by atoms with Gasteiger partial charge in [0.25, 0.3) is 0 Å². The fourth-order valence-electron chi connectivity index (χ4n) is 5.55. The summed E-state index contributed by atoms with van der Waals surface area (Å²) in [6.45, 7) is 5.83. The van der Waals surface area contributed by atoms with Crippen LogP contribution in [-0.2, 0) is 28.2 Å². The predicted octanol–water partition coefficient (Wildman–Crippen LogP) is 9.26. The third-order valence-corrected chi connectivity index (χ3v) is 9.51. The smallest absolute Gasteiger partial charge is 0.462 e. The summed E-state index contributed by atoms with van der Waals surface area (Å²) in [7, 11) is -4.78. The van der Waals surface area contributed by atoms with Gasteiger partial charge in [0.15, 0.2) is 6.10 Å². The molecular weight excluding hydrogens is 647 g/mol. The number of unbranched alkanes of at least 4 members (excludes halogenated alkanes) is 16. The van der Waals surface area contributed by atoms with Crippen LogP contribution in [0.2, 0.25) is 0 Å². The first kappa shape index (κ1) is 47.7. The van der Waals surface area contributed by atoms with Crippen molar-refractivity contribution >= 4 is 19.8 Å². The quantitative estimate of drug-likeness (QED) is 0.0215. The first-order valence-corrected chi connectivity index (χ1v) is 21.1. The zero-order chi connectivity index (χ0) is 36.6. The molecular formula is C38H73O10P. The van der Waals surface area contributed by atoms with Gasteiger partial charge in [0.1, 0.15) is 6.61 Å². The zero-order valence-electron chi connectivity index (χ0n) is 31.2. The zero-order valence-corrected chi connectivity index (χ0v) is 32.1. The minimum absolute atomic E-state index is 0.171. The molecule has 0 aliphatic heterocycles. The second-order valence-corrected chi connectivity index (χ2v) is 15.1. The SMILES string of the molecule is CCCCC/C=C\C[C@@H](O)[C@H](O)CCCCCCCC(=O)OC[C@H](COP(=O)(O)O)OC(=O)CCCCCCCCCCCCC(C)CC. The molecule has 0 aromatic rings. The van der Waals surface area contributed by atoms with Gasteiger partial charge >= 0.3 is 19.8 Å². The fourth-order valence-corrected chi connectivity index (χ4v) is 5.91. The van der Waals surface area contributed by atoms with Crippen LogP contribution in [0.3, 0.4) is 0 Å². The summed E-state index contributed by atoms with van der Waals surface area (Å²) in [5.74, 6) is -0.155. The van der Waals surface area contributed by atoms with Crippen LogP contribution < -0.4 is 0 Å². The van der Waals surface area contributed by atoms with E-state index in [1.54, 1.807) is 0 Å². The highest BCUT2D eigenvalue weighted by atomic mass is 31.2. The van der Waals surface area contributed by atoms with E-state index < -0.39 is 44.7 Å². The number of carbonyl (C=O) groups is 2. The van der Waals surface area contributed by atoms with Crippen LogP contribution in [0.5, 0.6) is 0 Å². The molecule has 0 aliphatic carbocycles. The Morgan fingerprint density at radius 3 is 1.73 bits per heavy atom. The van der Waals surface area contributed by atoms with Crippen molar-refractivity contribution in [2.45, 2.75) is 200 Å². The van der Waals surface area contributed by atoms with Gasteiger partial charge in [-0.15, -0.1) is 0 Å². The number of carbonyl (C=O) groups excluding carboxylic acids is 2. The molecule has 0 bridgehead atoms. The molecule has 4 atom stereocenters. The number of aliphatic hydroxyl groups excluding tert-OH is 2. The van der Waals surface area contributed by atoms with Crippen molar-refractivity contribution in [3.63, 3.8) is 0 Å². The average molecular weight is 721 g/mol. The molecule has 0 amide bonds. The lowest BCUT2D eigenvalue weighted by Crippen LogP contribution is -2.29. The maximum absolute atomic E-state index is 12.4. The largest absolute Gasteiger partial charge is 0.469 e. The lowest BCUT2D eigenvalue weighted by Gasteiger charge is -2.18. The molecule has 290 valence electrons. The number of phosphoric ester groups is 1. The molecule has 0 aromatic heterocycles. The van der Waals surface area contributed by atoms with Crippen molar-refractivity contribution in [1.82, 2.24) is 0 Å². The molecule has 0 rings (SSSR count). The highest BCUT2D eigenvalue weighted by molar-refractivity contribution is 7.46. The van der Waals surface area contributed by atoms with Crippen molar-refractivity contribution in [2.24, 2.45) is 5.92 Å². The van der Waals surface area contributed by atoms with Crippen LogP contribution in [0.25, 0.3) is 0 Å². The normalized spacial score (nSPS) is 14.5. The standard InChI is InChI=1S/C38H73O10P/c1-4-6-7-8-17-22-27-35(39)36(40)28-23-18-15-20-24-29-37(41)46-31-34(32-47-49(43,44)45)48-38(42)30-25-19-14-12-10-9-11-13-16-21-26-33(3)5-2/h17,22,33-36,39-40H,4-16,18-21,23-32H2,1-3H3,(H2,43,44,45)/b22-17-/t33?,34-,35-,36-/m1/s1. The number of allylic oxidation sites excluding steroid dienone is 1. The Bertz CT molecular complexity index is 861. The van der Waals surface area contributed by atoms with Crippen LogP contribution in [0, 0.1) is 5.92 Å². The van der Waals surface area contributed by atoms with Gasteiger partial charge in [-0.1, -0.05) is 142 Å². The summed E-state index contributed by atoms with van der Waals surface area (Å²) < 4.78 is 26.3. The number of hydrogen-bond acceptors (Lipinski definition) is 8. The van der Waals surface area contributed by atoms with E-state index >= 15 is 0 Å². The number of hydrogen-bond donors (Lipinski definition) is 4. The molecule has 10 nitrogen and oxygen atoms in total. The van der Waals surface area contributed by atoms with E-state index in [-0.39, 0.29) is 19.4 Å². The molecule has 0 saturated carbocycles. The van der Waals surface area contributed by atoms with Gasteiger partial charge in [0, 0.05) is 12.8 Å². The first-order chi connectivity index (χ1) is 23.5. The molecule has 4 N–H and O–H groups in total. The summed E-state index contributed by atoms with van der Waals surface area (Å²) in [6, 6.07) is 0. The highest BCUT2D eigenvalue weighted by Crippen LogP contribution is 2.36. The number of ether oxygens (including phenoxy) is 2. The van der Waals surface area contributed by atoms with Crippen molar-refractivity contribution in [1.29, 1.82) is 0 Å². The van der Waals surface area contributed by atoms with Crippen LogP contribution in [0.1, 0.15) is 181 Å². The second-order valence-electron chi connectivity index (χ2n) is 13.8. The molecule has 49 heavy (non-hydrogen) atoms. The third kappa shape index (κ3) is 33.6. The molecule has 0 saturated heterocycles. The first-order valence-electron chi connectivity index (χ1n) is 19.5. The molecule has 11 heteroatoms. The Balaban J connectivity index is 4.07. The van der Waals surface area contributed by atoms with E-state index in [0.717, 1.165) is 63.7 Å². The molecule has 0 aromatic carbocycles. The number of rotatable bonds is 35. The molecule has 0 heterocycles. The Morgan fingerprint density at radius 2 is 1.18 bits per heavy atom. The van der Waals surface area contributed by atoms with E-state index in [9.17, 15) is 24.4 Å². The highest BCUT2D eigenvalue weighted by Gasteiger charge is 2.23. The summed E-state index contributed by atoms with van der Waals surface area (Å²) >= 11 is 0. The Morgan fingerprint density at radius 1 is 0.653 bits per heavy atom. The van der Waals surface area contributed by atoms with E-state index in [1.165, 1.54) is 64.2 Å². The predicted molar refractivity (Wildman–Crippen MR) is 196 cm³/mol. The van der Waals surface area contributed by atoms with E-state index in [1.807, 2.05) is 6.08 Å². The maximum Gasteiger partial charge on any atom is 0.469 e. The lowest BCUT2D eigenvalue weighted by molar-refractivity contribution is -0.161. The molecule has 0 spiro atoms. The van der Waals surface area contributed by atoms with E-state index in [4.69, 9.17) is 19.3 Å². The minimum atomic E-state index is -4.78. The maximum atomic E-state index is 12.4. The Hall–Kier alpha value is -1.29. The lowest BCUT2D eigenvalue weighted by atomic mass is 9.99. The fraction of sp³-hybridized carbons (Fsp3) is 0.895. The Kier molecular flexibility index (Phi) is 31.7. The van der Waals surface area contributed by atoms with Gasteiger partial charge in [-0.05, 0) is 44.4 Å². The van der Waals surface area contributed by atoms with Gasteiger partial charge in [-0.25, -0.2) is 4.57 Å². The summed E-state index contributed by atoms with van der Waals surface area (Å²) in [5.41, 5.74) is 0. The number of phosphoric acid groups is 1. The minimum Gasteiger partial charge on any atom is -0.462 e. The Labute approximate surface area is 298 Å². The topological polar surface area (TPSA) is 160 Å². The molecule has 0 fully saturated rings. The van der Waals surface area contributed by atoms with Crippen LogP contribution in [-0.4, -0.2) is 63.5 Å². The van der Waals surface area contributed by atoms with Crippen molar-refractivity contribution in [3.05, 3.63) is 12.2 Å². The van der Waals surface area contributed by atoms with Gasteiger partial charge in [-0.2, -0.15) is 0 Å². The van der Waals surface area contributed by atoms with Crippen molar-refractivity contribution in [2.75, 3.05) is 13.2 Å². The van der Waals surface area contributed by atoms with E-state index in [2.05, 4.69) is 31.4 Å². The van der Waals surface area contributed by atoms with Crippen LogP contribution in [0.15, 0.2) is 12.2 Å². The number of aliphatic hydroxyl groups is 2. The van der Waals surface area contributed by atoms with Gasteiger partial charge in [0.05, 0.1) is 18.8 Å². The van der Waals surface area contributed by atoms with Crippen LogP contribution in [0.4, 0.5) is 0 Å². The van der Waals surface area contributed by atoms with E-state index in [0.29, 0.717) is 25.7 Å².